The van der Waals surface area contributed by atoms with Gasteiger partial charge in [-0.1, -0.05) is 51.1 Å². The van der Waals surface area contributed by atoms with Crippen molar-refractivity contribution in [2.45, 2.75) is 52.0 Å². The highest BCUT2D eigenvalue weighted by molar-refractivity contribution is 5.36. The molecule has 0 N–H and O–H groups in total. The van der Waals surface area contributed by atoms with E-state index in [2.05, 4.69) is 68.1 Å². The Hall–Kier alpha value is -1.80. The normalized spacial score (nSPS) is 15.0. The van der Waals surface area contributed by atoms with Gasteiger partial charge in [0.25, 0.3) is 0 Å². The Morgan fingerprint density at radius 2 is 1.76 bits per heavy atom. The summed E-state index contributed by atoms with van der Waals surface area (Å²) in [5.41, 5.74) is 6.15. The van der Waals surface area contributed by atoms with Crippen LogP contribution in [-0.2, 0) is 24.8 Å². The molecule has 0 radical (unpaired) electrons. The van der Waals surface area contributed by atoms with E-state index in [9.17, 15) is 0 Å². The van der Waals surface area contributed by atoms with Crippen LogP contribution in [-0.4, -0.2) is 25.1 Å². The van der Waals surface area contributed by atoms with Crippen molar-refractivity contribution in [3.8, 4) is 5.75 Å². The average molecular weight is 338 g/mol. The van der Waals surface area contributed by atoms with Gasteiger partial charge in [-0.2, -0.15) is 0 Å². The van der Waals surface area contributed by atoms with E-state index in [1.165, 1.54) is 42.6 Å². The number of nitrogens with zero attached hydrogens (tertiary/aromatic N) is 1. The Labute approximate surface area is 152 Å². The molecule has 1 heterocycles. The number of hydrogen-bond acceptors (Lipinski definition) is 2. The maximum Gasteiger partial charge on any atom is 0.118 e. The largest absolute Gasteiger partial charge is 0.497 e. The molecule has 0 spiro atoms. The molecule has 0 saturated carbocycles. The first kappa shape index (κ1) is 18.0. The first-order valence-corrected chi connectivity index (χ1v) is 9.43. The van der Waals surface area contributed by atoms with E-state index in [1.54, 1.807) is 12.7 Å². The number of rotatable bonds is 5. The van der Waals surface area contributed by atoms with Gasteiger partial charge in [0.1, 0.15) is 5.75 Å². The minimum atomic E-state index is 0.228. The summed E-state index contributed by atoms with van der Waals surface area (Å²) < 4.78 is 5.23. The van der Waals surface area contributed by atoms with Crippen LogP contribution in [0.3, 0.4) is 0 Å². The van der Waals surface area contributed by atoms with Gasteiger partial charge < -0.3 is 4.74 Å². The minimum Gasteiger partial charge on any atom is -0.497 e. The van der Waals surface area contributed by atoms with Gasteiger partial charge in [0.05, 0.1) is 7.11 Å². The van der Waals surface area contributed by atoms with Crippen LogP contribution in [0.2, 0.25) is 0 Å². The van der Waals surface area contributed by atoms with Crippen molar-refractivity contribution in [1.29, 1.82) is 0 Å². The summed E-state index contributed by atoms with van der Waals surface area (Å²) in [5, 5.41) is 0. The molecule has 2 aromatic rings. The Kier molecular flexibility index (Phi) is 5.48. The molecule has 2 heteroatoms. The summed E-state index contributed by atoms with van der Waals surface area (Å²) in [5.74, 6) is 0.936. The minimum absolute atomic E-state index is 0.228. The van der Waals surface area contributed by atoms with E-state index in [4.69, 9.17) is 4.74 Å². The lowest BCUT2D eigenvalue weighted by atomic mass is 9.84. The monoisotopic (exact) mass is 337 g/mol. The Bertz CT molecular complexity index is 697. The summed E-state index contributed by atoms with van der Waals surface area (Å²) in [6.45, 7) is 10.3. The summed E-state index contributed by atoms with van der Waals surface area (Å²) in [4.78, 5) is 2.61. The molecule has 1 aliphatic rings. The van der Waals surface area contributed by atoms with Crippen LogP contribution in [0, 0.1) is 0 Å². The summed E-state index contributed by atoms with van der Waals surface area (Å²) in [6, 6.07) is 15.6. The molecule has 0 amide bonds. The summed E-state index contributed by atoms with van der Waals surface area (Å²) >= 11 is 0. The number of benzene rings is 2. The van der Waals surface area contributed by atoms with Gasteiger partial charge in [-0.05, 0) is 65.6 Å². The van der Waals surface area contributed by atoms with Gasteiger partial charge in [-0.15, -0.1) is 0 Å². The Morgan fingerprint density at radius 3 is 2.44 bits per heavy atom. The number of methoxy groups -OCH3 is 1. The number of hydrogen-bond donors (Lipinski definition) is 0. The van der Waals surface area contributed by atoms with Crippen LogP contribution in [0.5, 0.6) is 5.75 Å². The highest BCUT2D eigenvalue weighted by Gasteiger charge is 2.19. The predicted molar refractivity (Wildman–Crippen MR) is 105 cm³/mol. The Balaban J connectivity index is 1.55. The molecule has 2 nitrogen and oxygen atoms in total. The molecule has 0 aliphatic carbocycles. The van der Waals surface area contributed by atoms with E-state index < -0.39 is 0 Å². The van der Waals surface area contributed by atoms with Crippen LogP contribution in [0.4, 0.5) is 0 Å². The molecule has 2 aromatic carbocycles. The molecule has 0 atom stereocenters. The molecule has 0 aromatic heterocycles. The lowest BCUT2D eigenvalue weighted by Gasteiger charge is -2.30. The lowest BCUT2D eigenvalue weighted by molar-refractivity contribution is 0.251. The van der Waals surface area contributed by atoms with Crippen molar-refractivity contribution in [3.05, 3.63) is 64.7 Å². The molecule has 25 heavy (non-hydrogen) atoms. The molecule has 0 unspecified atom stereocenters. The standard InChI is InChI=1S/C23H31NO/c1-23(2,3)21-10-9-19-13-15-24(17-20(19)16-21)14-5-6-18-7-11-22(25-4)12-8-18/h7-12,16H,5-6,13-15,17H2,1-4H3. The van der Waals surface area contributed by atoms with E-state index in [0.717, 1.165) is 18.7 Å². The fourth-order valence-electron chi connectivity index (χ4n) is 3.57. The van der Waals surface area contributed by atoms with Crippen LogP contribution < -0.4 is 4.74 Å². The second kappa shape index (κ2) is 7.61. The van der Waals surface area contributed by atoms with Crippen LogP contribution in [0.15, 0.2) is 42.5 Å². The maximum atomic E-state index is 5.23. The molecule has 1 aliphatic heterocycles. The quantitative estimate of drug-likeness (QED) is 0.762. The van der Waals surface area contributed by atoms with Crippen molar-refractivity contribution in [2.75, 3.05) is 20.2 Å². The fraction of sp³-hybridized carbons (Fsp3) is 0.478. The zero-order valence-corrected chi connectivity index (χ0v) is 16.1. The predicted octanol–water partition coefficient (Wildman–Crippen LogP) is 4.98. The zero-order chi connectivity index (χ0) is 17.9. The van der Waals surface area contributed by atoms with Gasteiger partial charge in [-0.3, -0.25) is 4.90 Å². The molecule has 134 valence electrons. The molecular weight excluding hydrogens is 306 g/mol. The number of fused-ring (bicyclic) bond motifs is 1. The van der Waals surface area contributed by atoms with E-state index in [-0.39, 0.29) is 5.41 Å². The van der Waals surface area contributed by atoms with Crippen molar-refractivity contribution < 1.29 is 4.74 Å². The zero-order valence-electron chi connectivity index (χ0n) is 16.1. The van der Waals surface area contributed by atoms with Crippen LogP contribution >= 0.6 is 0 Å². The van der Waals surface area contributed by atoms with Gasteiger partial charge >= 0.3 is 0 Å². The molecule has 3 rings (SSSR count). The molecule has 0 fully saturated rings. The van der Waals surface area contributed by atoms with Crippen LogP contribution in [0.1, 0.15) is 49.4 Å². The van der Waals surface area contributed by atoms with Crippen molar-refractivity contribution in [1.82, 2.24) is 4.90 Å². The third kappa shape index (κ3) is 4.64. The van der Waals surface area contributed by atoms with Crippen LogP contribution in [0.25, 0.3) is 0 Å². The first-order chi connectivity index (χ1) is 12.0. The van der Waals surface area contributed by atoms with Gasteiger partial charge in [0.2, 0.25) is 0 Å². The molecule has 0 saturated heterocycles. The second-order valence-corrected chi connectivity index (χ2v) is 8.21. The van der Waals surface area contributed by atoms with Gasteiger partial charge in [-0.25, -0.2) is 0 Å². The topological polar surface area (TPSA) is 12.5 Å². The number of aryl methyl sites for hydroxylation is 1. The smallest absolute Gasteiger partial charge is 0.118 e. The molecular formula is C23H31NO. The lowest BCUT2D eigenvalue weighted by Crippen LogP contribution is -2.32. The highest BCUT2D eigenvalue weighted by Crippen LogP contribution is 2.27. The van der Waals surface area contributed by atoms with E-state index >= 15 is 0 Å². The van der Waals surface area contributed by atoms with Crippen molar-refractivity contribution in [2.24, 2.45) is 0 Å². The SMILES string of the molecule is COc1ccc(CCCN2CCc3ccc(C(C)(C)C)cc3C2)cc1. The Morgan fingerprint density at radius 1 is 1.00 bits per heavy atom. The van der Waals surface area contributed by atoms with Crippen molar-refractivity contribution in [3.63, 3.8) is 0 Å². The molecule has 0 bridgehead atoms. The average Bonchev–Trinajstić information content (AvgIpc) is 2.61. The van der Waals surface area contributed by atoms with E-state index in [1.807, 2.05) is 0 Å². The van der Waals surface area contributed by atoms with Crippen molar-refractivity contribution >= 4 is 0 Å². The van der Waals surface area contributed by atoms with E-state index in [0.29, 0.717) is 0 Å². The number of ether oxygens (including phenoxy) is 1. The summed E-state index contributed by atoms with van der Waals surface area (Å²) in [6.07, 6.45) is 3.53. The summed E-state index contributed by atoms with van der Waals surface area (Å²) in [7, 11) is 1.72. The maximum absolute atomic E-state index is 5.23. The van der Waals surface area contributed by atoms with Gasteiger partial charge in [0, 0.05) is 13.1 Å². The second-order valence-electron chi connectivity index (χ2n) is 8.21. The highest BCUT2D eigenvalue weighted by atomic mass is 16.5. The van der Waals surface area contributed by atoms with Gasteiger partial charge in [0.15, 0.2) is 0 Å². The third-order valence-corrected chi connectivity index (χ3v) is 5.26. The fourth-order valence-corrected chi connectivity index (χ4v) is 3.57. The third-order valence-electron chi connectivity index (χ3n) is 5.26. The first-order valence-electron chi connectivity index (χ1n) is 9.43.